The number of nitrogens with zero attached hydrogens (tertiary/aromatic N) is 1. The number of hydrogen-bond acceptors (Lipinski definition) is 4. The van der Waals surface area contributed by atoms with E-state index < -0.39 is 0 Å². The third-order valence-corrected chi connectivity index (χ3v) is 4.87. The fourth-order valence-corrected chi connectivity index (χ4v) is 3.33. The number of ether oxygens (including phenoxy) is 2. The van der Waals surface area contributed by atoms with E-state index in [1.165, 1.54) is 10.4 Å². The molecule has 1 heterocycles. The minimum atomic E-state index is 0. The summed E-state index contributed by atoms with van der Waals surface area (Å²) in [5, 5.41) is 8.83. The largest absolute Gasteiger partial charge is 0.493 e. The van der Waals surface area contributed by atoms with Gasteiger partial charge in [0.15, 0.2) is 17.5 Å². The van der Waals surface area contributed by atoms with E-state index in [0.717, 1.165) is 49.8 Å². The van der Waals surface area contributed by atoms with Gasteiger partial charge in [0.25, 0.3) is 0 Å². The summed E-state index contributed by atoms with van der Waals surface area (Å²) in [6.45, 7) is 4.37. The molecule has 5 nitrogen and oxygen atoms in total. The quantitative estimate of drug-likeness (QED) is 0.222. The van der Waals surface area contributed by atoms with Gasteiger partial charge >= 0.3 is 0 Å². The summed E-state index contributed by atoms with van der Waals surface area (Å²) in [5.74, 6) is 2.45. The second-order valence-corrected chi connectivity index (χ2v) is 6.81. The molecule has 0 amide bonds. The number of aryl methyl sites for hydroxylation is 1. The standard InChI is InChI=1S/C20H29N3O2S.HI/c1-4-25-19-15-16(9-10-18(19)24-3)7-5-12-22-20(21-2)23-13-11-17-8-6-14-26-17;/h6,8-10,14-15H,4-5,7,11-13H2,1-3H3,(H2,21,22,23);1H. The van der Waals surface area contributed by atoms with E-state index in [9.17, 15) is 0 Å². The Bertz CT molecular complexity index is 678. The first-order chi connectivity index (χ1) is 12.8. The van der Waals surface area contributed by atoms with E-state index >= 15 is 0 Å². The molecule has 0 atom stereocenters. The first-order valence-electron chi connectivity index (χ1n) is 9.03. The van der Waals surface area contributed by atoms with Gasteiger partial charge in [-0.1, -0.05) is 12.1 Å². The molecule has 0 saturated heterocycles. The Morgan fingerprint density at radius 2 is 1.93 bits per heavy atom. The Morgan fingerprint density at radius 1 is 1.11 bits per heavy atom. The van der Waals surface area contributed by atoms with Crippen molar-refractivity contribution in [3.63, 3.8) is 0 Å². The smallest absolute Gasteiger partial charge is 0.190 e. The highest BCUT2D eigenvalue weighted by Crippen LogP contribution is 2.28. The molecule has 0 aliphatic heterocycles. The molecule has 0 bridgehead atoms. The normalized spacial score (nSPS) is 10.9. The van der Waals surface area contributed by atoms with Crippen LogP contribution in [-0.2, 0) is 12.8 Å². The molecule has 2 N–H and O–H groups in total. The van der Waals surface area contributed by atoms with E-state index in [4.69, 9.17) is 9.47 Å². The topological polar surface area (TPSA) is 54.9 Å². The Balaban J connectivity index is 0.00000364. The van der Waals surface area contributed by atoms with Gasteiger partial charge in [0, 0.05) is 25.0 Å². The van der Waals surface area contributed by atoms with Crippen molar-refractivity contribution in [1.82, 2.24) is 10.6 Å². The number of rotatable bonds is 10. The summed E-state index contributed by atoms with van der Waals surface area (Å²) in [4.78, 5) is 5.66. The van der Waals surface area contributed by atoms with Gasteiger partial charge in [-0.2, -0.15) is 0 Å². The molecular formula is C20H30IN3O2S. The number of methoxy groups -OCH3 is 1. The molecule has 150 valence electrons. The van der Waals surface area contributed by atoms with E-state index in [0.29, 0.717) is 6.61 Å². The summed E-state index contributed by atoms with van der Waals surface area (Å²) in [7, 11) is 3.47. The average molecular weight is 503 g/mol. The number of aliphatic imine (C=N–C) groups is 1. The molecule has 1 aromatic heterocycles. The number of guanidine groups is 1. The van der Waals surface area contributed by atoms with E-state index in [2.05, 4.69) is 45.3 Å². The van der Waals surface area contributed by atoms with Gasteiger partial charge in [0.1, 0.15) is 0 Å². The minimum absolute atomic E-state index is 0. The molecule has 27 heavy (non-hydrogen) atoms. The predicted octanol–water partition coefficient (Wildman–Crippen LogP) is 4.11. The number of benzene rings is 1. The number of nitrogens with one attached hydrogen (secondary N) is 2. The van der Waals surface area contributed by atoms with Gasteiger partial charge < -0.3 is 20.1 Å². The second kappa shape index (κ2) is 13.7. The van der Waals surface area contributed by atoms with Crippen molar-refractivity contribution in [2.24, 2.45) is 4.99 Å². The highest BCUT2D eigenvalue weighted by atomic mass is 127. The van der Waals surface area contributed by atoms with Crippen molar-refractivity contribution < 1.29 is 9.47 Å². The van der Waals surface area contributed by atoms with Crippen LogP contribution in [-0.4, -0.2) is 39.8 Å². The zero-order chi connectivity index (χ0) is 18.6. The number of hydrogen-bond donors (Lipinski definition) is 2. The van der Waals surface area contributed by atoms with Crippen LogP contribution in [0.1, 0.15) is 23.8 Å². The fraction of sp³-hybridized carbons (Fsp3) is 0.450. The van der Waals surface area contributed by atoms with Crippen molar-refractivity contribution in [3.8, 4) is 11.5 Å². The lowest BCUT2D eigenvalue weighted by molar-refractivity contribution is 0.310. The molecule has 2 rings (SSSR count). The summed E-state index contributed by atoms with van der Waals surface area (Å²) in [6.07, 6.45) is 3.01. The van der Waals surface area contributed by atoms with E-state index in [1.807, 2.05) is 13.0 Å². The van der Waals surface area contributed by atoms with E-state index in [-0.39, 0.29) is 24.0 Å². The highest BCUT2D eigenvalue weighted by Gasteiger charge is 2.05. The first kappa shape index (κ1) is 23.6. The molecule has 0 fully saturated rings. The van der Waals surface area contributed by atoms with Crippen LogP contribution < -0.4 is 20.1 Å². The van der Waals surface area contributed by atoms with Crippen LogP contribution in [0, 0.1) is 0 Å². The molecule has 0 saturated carbocycles. The van der Waals surface area contributed by atoms with Crippen LogP contribution in [0.5, 0.6) is 11.5 Å². The lowest BCUT2D eigenvalue weighted by Gasteiger charge is -2.13. The van der Waals surface area contributed by atoms with Crippen molar-refractivity contribution in [1.29, 1.82) is 0 Å². The fourth-order valence-electron chi connectivity index (χ4n) is 2.62. The van der Waals surface area contributed by atoms with Crippen LogP contribution in [0.2, 0.25) is 0 Å². The van der Waals surface area contributed by atoms with Crippen LogP contribution in [0.25, 0.3) is 0 Å². The van der Waals surface area contributed by atoms with Gasteiger partial charge in [-0.25, -0.2) is 0 Å². The lowest BCUT2D eigenvalue weighted by atomic mass is 10.1. The van der Waals surface area contributed by atoms with Crippen molar-refractivity contribution in [3.05, 3.63) is 46.2 Å². The maximum Gasteiger partial charge on any atom is 0.190 e. The summed E-state index contributed by atoms with van der Waals surface area (Å²) in [5.41, 5.74) is 1.25. The van der Waals surface area contributed by atoms with Crippen molar-refractivity contribution in [2.45, 2.75) is 26.2 Å². The first-order valence-corrected chi connectivity index (χ1v) is 9.91. The SMILES string of the molecule is CCOc1cc(CCCNC(=NC)NCCc2cccs2)ccc1OC.I. The molecule has 0 radical (unpaired) electrons. The molecule has 0 unspecified atom stereocenters. The number of halogens is 1. The van der Waals surface area contributed by atoms with Crippen LogP contribution in [0.4, 0.5) is 0 Å². The van der Waals surface area contributed by atoms with Gasteiger partial charge in [-0.05, 0) is 55.3 Å². The number of thiophene rings is 1. The molecule has 2 aromatic rings. The van der Waals surface area contributed by atoms with Crippen molar-refractivity contribution >= 4 is 41.3 Å². The predicted molar refractivity (Wildman–Crippen MR) is 125 cm³/mol. The van der Waals surface area contributed by atoms with Gasteiger partial charge in [-0.15, -0.1) is 35.3 Å². The zero-order valence-electron chi connectivity index (χ0n) is 16.3. The Kier molecular flexibility index (Phi) is 11.9. The molecule has 0 aliphatic carbocycles. The minimum Gasteiger partial charge on any atom is -0.493 e. The van der Waals surface area contributed by atoms with Gasteiger partial charge in [0.2, 0.25) is 0 Å². The molecule has 1 aromatic carbocycles. The van der Waals surface area contributed by atoms with Crippen LogP contribution in [0.3, 0.4) is 0 Å². The average Bonchev–Trinajstić information content (AvgIpc) is 3.17. The Labute approximate surface area is 183 Å². The maximum absolute atomic E-state index is 5.64. The van der Waals surface area contributed by atoms with Crippen LogP contribution >= 0.6 is 35.3 Å². The molecule has 0 spiro atoms. The lowest BCUT2D eigenvalue weighted by Crippen LogP contribution is -2.38. The molecular weight excluding hydrogens is 473 g/mol. The summed E-state index contributed by atoms with van der Waals surface area (Å²) in [6, 6.07) is 10.4. The van der Waals surface area contributed by atoms with Crippen molar-refractivity contribution in [2.75, 3.05) is 33.9 Å². The molecule has 7 heteroatoms. The van der Waals surface area contributed by atoms with Gasteiger partial charge in [0.05, 0.1) is 13.7 Å². The Morgan fingerprint density at radius 3 is 2.59 bits per heavy atom. The monoisotopic (exact) mass is 503 g/mol. The summed E-state index contributed by atoms with van der Waals surface area (Å²) < 4.78 is 11.0. The van der Waals surface area contributed by atoms with Crippen LogP contribution in [0.15, 0.2) is 40.7 Å². The maximum atomic E-state index is 5.64. The Hall–Kier alpha value is -1.48. The second-order valence-electron chi connectivity index (χ2n) is 5.78. The molecule has 0 aliphatic rings. The highest BCUT2D eigenvalue weighted by molar-refractivity contribution is 14.0. The summed E-state index contributed by atoms with van der Waals surface area (Å²) >= 11 is 1.79. The third-order valence-electron chi connectivity index (χ3n) is 3.93. The van der Waals surface area contributed by atoms with Gasteiger partial charge in [-0.3, -0.25) is 4.99 Å². The third kappa shape index (κ3) is 8.38. The van der Waals surface area contributed by atoms with E-state index in [1.54, 1.807) is 25.5 Å². The zero-order valence-corrected chi connectivity index (χ0v) is 19.4.